The molecule has 0 aliphatic carbocycles. The zero-order valence-corrected chi connectivity index (χ0v) is 14.2. The standard InChI is InChI=1S/C20H22N2O3/c1-14-6-2-3-10-18(14)20(24)22-16-8-4-7-15(12-16)19(23)21-13-17-9-5-11-25-17/h2-4,6-8,10,12,17H,5,9,11,13H2,1H3,(H,21,23)(H,22,24). The number of anilines is 1. The lowest BCUT2D eigenvalue weighted by molar-refractivity contribution is 0.0857. The topological polar surface area (TPSA) is 67.4 Å². The molecule has 130 valence electrons. The largest absolute Gasteiger partial charge is 0.376 e. The van der Waals surface area contributed by atoms with Gasteiger partial charge >= 0.3 is 0 Å². The van der Waals surface area contributed by atoms with E-state index in [1.807, 2.05) is 25.1 Å². The highest BCUT2D eigenvalue weighted by Crippen LogP contribution is 2.15. The smallest absolute Gasteiger partial charge is 0.255 e. The summed E-state index contributed by atoms with van der Waals surface area (Å²) in [6.45, 7) is 3.17. The first kappa shape index (κ1) is 17.2. The average molecular weight is 338 g/mol. The average Bonchev–Trinajstić information content (AvgIpc) is 3.14. The molecular formula is C20H22N2O3. The van der Waals surface area contributed by atoms with Gasteiger partial charge in [-0.3, -0.25) is 9.59 Å². The Bertz CT molecular complexity index is 767. The second kappa shape index (κ2) is 7.94. The van der Waals surface area contributed by atoms with Gasteiger partial charge in [0.05, 0.1) is 6.10 Å². The van der Waals surface area contributed by atoms with Gasteiger partial charge < -0.3 is 15.4 Å². The zero-order valence-electron chi connectivity index (χ0n) is 14.2. The summed E-state index contributed by atoms with van der Waals surface area (Å²) in [5, 5.41) is 5.73. The van der Waals surface area contributed by atoms with Gasteiger partial charge in [0.2, 0.25) is 0 Å². The predicted molar refractivity (Wildman–Crippen MR) is 96.9 cm³/mol. The number of aryl methyl sites for hydroxylation is 1. The van der Waals surface area contributed by atoms with Crippen molar-refractivity contribution in [3.63, 3.8) is 0 Å². The van der Waals surface area contributed by atoms with E-state index in [9.17, 15) is 9.59 Å². The first-order valence-corrected chi connectivity index (χ1v) is 8.50. The highest BCUT2D eigenvalue weighted by Gasteiger charge is 2.17. The Balaban J connectivity index is 1.63. The Kier molecular flexibility index (Phi) is 5.46. The molecule has 1 unspecified atom stereocenters. The third kappa shape index (κ3) is 4.45. The minimum Gasteiger partial charge on any atom is -0.376 e. The van der Waals surface area contributed by atoms with E-state index in [2.05, 4.69) is 10.6 Å². The summed E-state index contributed by atoms with van der Waals surface area (Å²) < 4.78 is 5.50. The molecule has 1 saturated heterocycles. The van der Waals surface area contributed by atoms with Gasteiger partial charge in [-0.15, -0.1) is 0 Å². The summed E-state index contributed by atoms with van der Waals surface area (Å²) >= 11 is 0. The molecule has 0 bridgehead atoms. The van der Waals surface area contributed by atoms with Crippen LogP contribution < -0.4 is 10.6 Å². The van der Waals surface area contributed by atoms with Gasteiger partial charge in [0.15, 0.2) is 0 Å². The third-order valence-electron chi connectivity index (χ3n) is 4.29. The van der Waals surface area contributed by atoms with Crippen molar-refractivity contribution < 1.29 is 14.3 Å². The Morgan fingerprint density at radius 1 is 1.12 bits per heavy atom. The Morgan fingerprint density at radius 3 is 2.72 bits per heavy atom. The fourth-order valence-corrected chi connectivity index (χ4v) is 2.88. The Labute approximate surface area is 147 Å². The van der Waals surface area contributed by atoms with Gasteiger partial charge in [-0.25, -0.2) is 0 Å². The Hall–Kier alpha value is -2.66. The van der Waals surface area contributed by atoms with Gasteiger partial charge in [0.1, 0.15) is 0 Å². The molecule has 1 aliphatic rings. The van der Waals surface area contributed by atoms with E-state index in [1.165, 1.54) is 0 Å². The first-order valence-electron chi connectivity index (χ1n) is 8.50. The molecule has 25 heavy (non-hydrogen) atoms. The van der Waals surface area contributed by atoms with Crippen LogP contribution in [0.25, 0.3) is 0 Å². The van der Waals surface area contributed by atoms with E-state index in [-0.39, 0.29) is 17.9 Å². The molecular weight excluding hydrogens is 316 g/mol. The highest BCUT2D eigenvalue weighted by atomic mass is 16.5. The summed E-state index contributed by atoms with van der Waals surface area (Å²) in [6.07, 6.45) is 2.13. The van der Waals surface area contributed by atoms with Crippen molar-refractivity contribution in [1.29, 1.82) is 0 Å². The number of ether oxygens (including phenoxy) is 1. The molecule has 1 fully saturated rings. The molecule has 0 radical (unpaired) electrons. The van der Waals surface area contributed by atoms with Crippen LogP contribution in [0, 0.1) is 6.92 Å². The van der Waals surface area contributed by atoms with E-state index in [0.29, 0.717) is 23.4 Å². The van der Waals surface area contributed by atoms with Crippen LogP contribution in [-0.2, 0) is 4.74 Å². The number of rotatable bonds is 5. The molecule has 0 saturated carbocycles. The molecule has 0 aromatic heterocycles. The number of hydrogen-bond donors (Lipinski definition) is 2. The van der Waals surface area contributed by atoms with Gasteiger partial charge in [-0.05, 0) is 49.6 Å². The lowest BCUT2D eigenvalue weighted by Gasteiger charge is -2.12. The van der Waals surface area contributed by atoms with Crippen molar-refractivity contribution >= 4 is 17.5 Å². The quantitative estimate of drug-likeness (QED) is 0.880. The first-order chi connectivity index (χ1) is 12.1. The van der Waals surface area contributed by atoms with E-state index >= 15 is 0 Å². The minimum atomic E-state index is -0.185. The maximum atomic E-state index is 12.4. The van der Waals surface area contributed by atoms with Crippen LogP contribution in [-0.4, -0.2) is 31.1 Å². The van der Waals surface area contributed by atoms with E-state index in [0.717, 1.165) is 25.0 Å². The summed E-state index contributed by atoms with van der Waals surface area (Å²) in [6, 6.07) is 14.3. The highest BCUT2D eigenvalue weighted by molar-refractivity contribution is 6.06. The minimum absolute atomic E-state index is 0.105. The van der Waals surface area contributed by atoms with Crippen molar-refractivity contribution in [3.05, 3.63) is 65.2 Å². The molecule has 2 amide bonds. The maximum absolute atomic E-state index is 12.4. The zero-order chi connectivity index (χ0) is 17.6. The number of amides is 2. The summed E-state index contributed by atoms with van der Waals surface area (Å²) in [7, 11) is 0. The third-order valence-corrected chi connectivity index (χ3v) is 4.29. The number of carbonyl (C=O) groups excluding carboxylic acids is 2. The lowest BCUT2D eigenvalue weighted by Crippen LogP contribution is -2.31. The summed E-state index contributed by atoms with van der Waals surface area (Å²) in [4.78, 5) is 24.7. The SMILES string of the molecule is Cc1ccccc1C(=O)Nc1cccc(C(=O)NCC2CCCO2)c1. The molecule has 1 heterocycles. The molecule has 5 heteroatoms. The van der Waals surface area contributed by atoms with E-state index in [4.69, 9.17) is 4.74 Å². The van der Waals surface area contributed by atoms with Crippen molar-refractivity contribution in [2.75, 3.05) is 18.5 Å². The van der Waals surface area contributed by atoms with Crippen LogP contribution in [0.5, 0.6) is 0 Å². The van der Waals surface area contributed by atoms with E-state index < -0.39 is 0 Å². The molecule has 0 spiro atoms. The van der Waals surface area contributed by atoms with Gasteiger partial charge in [0, 0.05) is 30.0 Å². The van der Waals surface area contributed by atoms with Crippen LogP contribution in [0.2, 0.25) is 0 Å². The molecule has 1 aliphatic heterocycles. The molecule has 2 aromatic rings. The fourth-order valence-electron chi connectivity index (χ4n) is 2.88. The molecule has 1 atom stereocenters. The Morgan fingerprint density at radius 2 is 1.96 bits per heavy atom. The lowest BCUT2D eigenvalue weighted by atomic mass is 10.1. The van der Waals surface area contributed by atoms with E-state index in [1.54, 1.807) is 30.3 Å². The molecule has 2 N–H and O–H groups in total. The van der Waals surface area contributed by atoms with Crippen molar-refractivity contribution in [2.45, 2.75) is 25.9 Å². The van der Waals surface area contributed by atoms with Crippen molar-refractivity contribution in [2.24, 2.45) is 0 Å². The van der Waals surface area contributed by atoms with Crippen LogP contribution in [0.1, 0.15) is 39.1 Å². The normalized spacial score (nSPS) is 16.4. The summed E-state index contributed by atoms with van der Waals surface area (Å²) in [5.74, 6) is -0.350. The second-order valence-corrected chi connectivity index (χ2v) is 6.19. The van der Waals surface area contributed by atoms with Gasteiger partial charge in [0.25, 0.3) is 11.8 Å². The van der Waals surface area contributed by atoms with Crippen LogP contribution in [0.3, 0.4) is 0 Å². The van der Waals surface area contributed by atoms with Crippen LogP contribution in [0.15, 0.2) is 48.5 Å². The second-order valence-electron chi connectivity index (χ2n) is 6.19. The van der Waals surface area contributed by atoms with Gasteiger partial charge in [-0.2, -0.15) is 0 Å². The summed E-state index contributed by atoms with van der Waals surface area (Å²) in [5.41, 5.74) is 2.64. The molecule has 5 nitrogen and oxygen atoms in total. The van der Waals surface area contributed by atoms with Crippen LogP contribution in [0.4, 0.5) is 5.69 Å². The van der Waals surface area contributed by atoms with Crippen molar-refractivity contribution in [1.82, 2.24) is 5.32 Å². The van der Waals surface area contributed by atoms with Crippen LogP contribution >= 0.6 is 0 Å². The number of nitrogens with one attached hydrogen (secondary N) is 2. The molecule has 3 rings (SSSR count). The van der Waals surface area contributed by atoms with Gasteiger partial charge in [-0.1, -0.05) is 24.3 Å². The molecule has 2 aromatic carbocycles. The fraction of sp³-hybridized carbons (Fsp3) is 0.300. The number of carbonyl (C=O) groups is 2. The maximum Gasteiger partial charge on any atom is 0.255 e. The monoisotopic (exact) mass is 338 g/mol. The predicted octanol–water partition coefficient (Wildman–Crippen LogP) is 3.16. The number of hydrogen-bond acceptors (Lipinski definition) is 3. The van der Waals surface area contributed by atoms with Crippen molar-refractivity contribution in [3.8, 4) is 0 Å². The number of benzene rings is 2.